The fourth-order valence-corrected chi connectivity index (χ4v) is 1.79. The normalized spacial score (nSPS) is 10.6. The van der Waals surface area contributed by atoms with Crippen LogP contribution in [0.25, 0.3) is 10.9 Å². The maximum Gasteiger partial charge on any atom is 0.319 e. The predicted molar refractivity (Wildman–Crippen MR) is 64.1 cm³/mol. The van der Waals surface area contributed by atoms with Crippen LogP contribution in [-0.4, -0.2) is 15.0 Å². The summed E-state index contributed by atoms with van der Waals surface area (Å²) in [5.74, 6) is -2.26. The molecule has 1 heterocycles. The molecule has 0 spiro atoms. The van der Waals surface area contributed by atoms with Gasteiger partial charge in [0, 0.05) is 6.07 Å². The number of nitro benzene ring substituents is 1. The molecule has 2 aromatic rings. The summed E-state index contributed by atoms with van der Waals surface area (Å²) in [6.07, 6.45) is 0. The lowest BCUT2D eigenvalue weighted by molar-refractivity contribution is -0.385. The van der Waals surface area contributed by atoms with Gasteiger partial charge in [-0.2, -0.15) is 4.39 Å². The van der Waals surface area contributed by atoms with Gasteiger partial charge in [-0.1, -0.05) is 11.6 Å². The molecule has 2 rings (SSSR count). The van der Waals surface area contributed by atoms with Crippen molar-refractivity contribution >= 4 is 28.2 Å². The van der Waals surface area contributed by atoms with Crippen LogP contribution in [0.1, 0.15) is 0 Å². The number of hydrogen-bond donors (Lipinski definition) is 2. The minimum absolute atomic E-state index is 0.317. The van der Waals surface area contributed by atoms with Crippen molar-refractivity contribution in [3.63, 3.8) is 0 Å². The van der Waals surface area contributed by atoms with Gasteiger partial charge in [-0.05, 0) is 6.07 Å². The van der Waals surface area contributed by atoms with Crippen molar-refractivity contribution in [1.82, 2.24) is 4.98 Å². The summed E-state index contributed by atoms with van der Waals surface area (Å²) in [4.78, 5) is 34.2. The average molecular weight is 287 g/mol. The van der Waals surface area contributed by atoms with Crippen molar-refractivity contribution in [3.05, 3.63) is 53.7 Å². The van der Waals surface area contributed by atoms with Crippen LogP contribution >= 0.6 is 11.6 Å². The van der Waals surface area contributed by atoms with Crippen molar-refractivity contribution in [2.75, 3.05) is 0 Å². The lowest BCUT2D eigenvalue weighted by atomic mass is 10.2. The first-order valence-electron chi connectivity index (χ1n) is 4.75. The molecule has 9 heteroatoms. The van der Waals surface area contributed by atoms with Crippen LogP contribution in [0.4, 0.5) is 10.1 Å². The smallest absolute Gasteiger partial charge is 0.319 e. The Hall–Kier alpha value is -2.48. The Bertz CT molecular complexity index is 833. The van der Waals surface area contributed by atoms with E-state index < -0.39 is 43.6 Å². The molecule has 0 aliphatic rings. The summed E-state index contributed by atoms with van der Waals surface area (Å²) in [5, 5.41) is 19.2. The highest BCUT2D eigenvalue weighted by atomic mass is 35.5. The molecule has 19 heavy (non-hydrogen) atoms. The zero-order valence-corrected chi connectivity index (χ0v) is 9.69. The van der Waals surface area contributed by atoms with Crippen LogP contribution in [0.2, 0.25) is 5.02 Å². The maximum absolute atomic E-state index is 13.6. The van der Waals surface area contributed by atoms with Gasteiger partial charge in [-0.3, -0.25) is 19.7 Å². The maximum atomic E-state index is 13.6. The van der Waals surface area contributed by atoms with Gasteiger partial charge < -0.3 is 10.1 Å². The van der Waals surface area contributed by atoms with Crippen molar-refractivity contribution in [1.29, 1.82) is 0 Å². The Balaban J connectivity index is 3.23. The van der Waals surface area contributed by atoms with Crippen molar-refractivity contribution in [2.24, 2.45) is 0 Å². The van der Waals surface area contributed by atoms with Gasteiger partial charge in [-0.15, -0.1) is 0 Å². The van der Waals surface area contributed by atoms with Gasteiger partial charge in [-0.25, -0.2) is 0 Å². The van der Waals surface area contributed by atoms with Gasteiger partial charge >= 0.3 is 5.69 Å². The summed E-state index contributed by atoms with van der Waals surface area (Å²) < 4.78 is 13.6. The Morgan fingerprint density at radius 2 is 2.00 bits per heavy atom. The number of fused-ring (bicyclic) bond motifs is 1. The molecular formula is C10H4ClFN2O5. The predicted octanol–water partition coefficient (Wildman–Crippen LogP) is 1.29. The zero-order valence-electron chi connectivity index (χ0n) is 8.94. The molecule has 0 saturated carbocycles. The van der Waals surface area contributed by atoms with E-state index in [1.165, 1.54) is 0 Å². The minimum atomic E-state index is -1.37. The average Bonchev–Trinajstić information content (AvgIpc) is 2.40. The van der Waals surface area contributed by atoms with Crippen molar-refractivity contribution < 1.29 is 14.4 Å². The van der Waals surface area contributed by atoms with E-state index in [-0.39, 0.29) is 5.52 Å². The third-order valence-corrected chi connectivity index (χ3v) is 2.65. The number of benzene rings is 1. The van der Waals surface area contributed by atoms with Crippen LogP contribution in [0.5, 0.6) is 5.75 Å². The van der Waals surface area contributed by atoms with Crippen LogP contribution in [-0.2, 0) is 0 Å². The third-order valence-electron chi connectivity index (χ3n) is 2.37. The fourth-order valence-electron chi connectivity index (χ4n) is 1.59. The topological polar surface area (TPSA) is 113 Å². The Morgan fingerprint density at radius 1 is 1.37 bits per heavy atom. The van der Waals surface area contributed by atoms with Crippen molar-refractivity contribution in [2.45, 2.75) is 0 Å². The number of H-pyrrole nitrogens is 1. The second-order valence-corrected chi connectivity index (χ2v) is 3.96. The Morgan fingerprint density at radius 3 is 2.58 bits per heavy atom. The van der Waals surface area contributed by atoms with E-state index >= 15 is 0 Å². The van der Waals surface area contributed by atoms with E-state index in [9.17, 15) is 29.2 Å². The number of aromatic hydroxyl groups is 1. The Labute approximate surface area is 108 Å². The largest absolute Gasteiger partial charge is 0.507 e. The lowest BCUT2D eigenvalue weighted by Crippen LogP contribution is -2.22. The molecule has 0 saturated heterocycles. The van der Waals surface area contributed by atoms with E-state index in [0.29, 0.717) is 6.07 Å². The van der Waals surface area contributed by atoms with Crippen LogP contribution in [0, 0.1) is 15.9 Å². The van der Waals surface area contributed by atoms with Gasteiger partial charge in [0.1, 0.15) is 11.1 Å². The van der Waals surface area contributed by atoms with Gasteiger partial charge in [0.2, 0.25) is 11.2 Å². The number of hydrogen-bond acceptors (Lipinski definition) is 5. The number of nitro groups is 1. The molecule has 1 aromatic carbocycles. The van der Waals surface area contributed by atoms with Crippen LogP contribution in [0.15, 0.2) is 21.7 Å². The first-order chi connectivity index (χ1) is 8.82. The van der Waals surface area contributed by atoms with E-state index in [2.05, 4.69) is 0 Å². The highest BCUT2D eigenvalue weighted by molar-refractivity contribution is 6.32. The fraction of sp³-hybridized carbons (Fsp3) is 0. The minimum Gasteiger partial charge on any atom is -0.507 e. The molecule has 7 nitrogen and oxygen atoms in total. The molecule has 0 amide bonds. The molecule has 1 aromatic heterocycles. The molecule has 0 radical (unpaired) electrons. The number of nitrogens with one attached hydrogen (secondary N) is 1. The van der Waals surface area contributed by atoms with E-state index in [1.54, 1.807) is 0 Å². The monoisotopic (exact) mass is 286 g/mol. The second kappa shape index (κ2) is 4.32. The number of aromatic amines is 1. The highest BCUT2D eigenvalue weighted by Crippen LogP contribution is 2.36. The van der Waals surface area contributed by atoms with Gasteiger partial charge in [0.15, 0.2) is 0 Å². The second-order valence-electron chi connectivity index (χ2n) is 3.55. The van der Waals surface area contributed by atoms with Crippen LogP contribution in [0.3, 0.4) is 0 Å². The van der Waals surface area contributed by atoms with Crippen LogP contribution < -0.4 is 11.0 Å². The van der Waals surface area contributed by atoms with E-state index in [4.69, 9.17) is 11.6 Å². The lowest BCUT2D eigenvalue weighted by Gasteiger charge is -2.01. The molecule has 0 aliphatic carbocycles. The SMILES string of the molecule is O=c1cc(O)c2c([N+](=O)[O-])c(F)c(Cl)cc2[nH]c1=O. The molecule has 0 aliphatic heterocycles. The van der Waals surface area contributed by atoms with E-state index in [1.807, 2.05) is 4.98 Å². The molecule has 98 valence electrons. The molecule has 2 N–H and O–H groups in total. The zero-order chi connectivity index (χ0) is 14.3. The molecule has 0 unspecified atom stereocenters. The van der Waals surface area contributed by atoms with Crippen molar-refractivity contribution in [3.8, 4) is 5.75 Å². The highest BCUT2D eigenvalue weighted by Gasteiger charge is 2.25. The molecule has 0 fully saturated rings. The summed E-state index contributed by atoms with van der Waals surface area (Å²) in [5.41, 5.74) is -3.68. The van der Waals surface area contributed by atoms with E-state index in [0.717, 1.165) is 6.07 Å². The first kappa shape index (κ1) is 13.0. The molecular weight excluding hydrogens is 283 g/mol. The summed E-state index contributed by atoms with van der Waals surface area (Å²) in [6, 6.07) is 1.35. The standard InChI is InChI=1S/C10H4ClFN2O5/c11-3-1-4-7(9(8(3)12)14(18)19)5(15)2-6(16)10(17)13-4/h1-2,15H,(H,13,16,17). The molecule has 0 bridgehead atoms. The Kier molecular flexibility index (Phi) is 2.95. The number of nitrogens with zero attached hydrogens (tertiary/aromatic N) is 1. The van der Waals surface area contributed by atoms with Gasteiger partial charge in [0.05, 0.1) is 15.5 Å². The summed E-state index contributed by atoms with van der Waals surface area (Å²) in [6.45, 7) is 0. The first-order valence-corrected chi connectivity index (χ1v) is 5.13. The summed E-state index contributed by atoms with van der Waals surface area (Å²) >= 11 is 5.46. The van der Waals surface area contributed by atoms with Gasteiger partial charge in [0.25, 0.3) is 5.56 Å². The molecule has 0 atom stereocenters. The number of aromatic nitrogens is 1. The number of rotatable bonds is 1. The number of halogens is 2. The summed E-state index contributed by atoms with van der Waals surface area (Å²) in [7, 11) is 0. The quantitative estimate of drug-likeness (QED) is 0.466. The third kappa shape index (κ3) is 2.02.